The summed E-state index contributed by atoms with van der Waals surface area (Å²) in [4.78, 5) is 31.9. The number of halogens is 3. The van der Waals surface area contributed by atoms with Crippen molar-refractivity contribution in [2.75, 3.05) is 6.61 Å². The molecule has 0 atom stereocenters. The summed E-state index contributed by atoms with van der Waals surface area (Å²) in [6.45, 7) is 3.51. The van der Waals surface area contributed by atoms with Crippen LogP contribution in [0.5, 0.6) is 5.88 Å². The molecule has 6 nitrogen and oxygen atoms in total. The fourth-order valence-corrected chi connectivity index (χ4v) is 2.48. The lowest BCUT2D eigenvalue weighted by molar-refractivity contribution is -0.154. The van der Waals surface area contributed by atoms with Crippen molar-refractivity contribution in [1.29, 1.82) is 0 Å². The van der Waals surface area contributed by atoms with Crippen LogP contribution in [0.4, 0.5) is 13.2 Å². The second-order valence-corrected chi connectivity index (χ2v) is 6.35. The lowest BCUT2D eigenvalue weighted by atomic mass is 10.1. The number of hydrogen-bond acceptors (Lipinski definition) is 5. The van der Waals surface area contributed by atoms with Crippen LogP contribution in [-0.4, -0.2) is 34.4 Å². The van der Waals surface area contributed by atoms with Gasteiger partial charge in [0.15, 0.2) is 6.61 Å². The van der Waals surface area contributed by atoms with Gasteiger partial charge in [-0.25, -0.2) is 4.98 Å². The number of ketones is 1. The number of amides is 1. The van der Waals surface area contributed by atoms with Crippen molar-refractivity contribution in [3.63, 3.8) is 0 Å². The molecule has 0 unspecified atom stereocenters. The Labute approximate surface area is 160 Å². The van der Waals surface area contributed by atoms with Gasteiger partial charge in [-0.05, 0) is 38.5 Å². The number of hydrogen-bond donors (Lipinski definition) is 1. The highest BCUT2D eigenvalue weighted by molar-refractivity contribution is 5.94. The summed E-state index contributed by atoms with van der Waals surface area (Å²) in [6, 6.07) is 6.04. The van der Waals surface area contributed by atoms with Gasteiger partial charge in [0.1, 0.15) is 5.78 Å². The molecular weight excluding hydrogens is 375 g/mol. The number of rotatable bonds is 7. The Hall–Kier alpha value is -2.97. The maximum atomic E-state index is 12.4. The molecule has 0 saturated carbocycles. The van der Waals surface area contributed by atoms with Crippen LogP contribution in [0.15, 0.2) is 24.3 Å². The Bertz CT molecular complexity index is 882. The molecule has 0 spiro atoms. The van der Waals surface area contributed by atoms with Crippen LogP contribution >= 0.6 is 0 Å². The average molecular weight is 395 g/mol. The van der Waals surface area contributed by atoms with Gasteiger partial charge in [0.2, 0.25) is 5.88 Å². The molecular formula is C19H20F3N3O3. The number of Topliss-reactive ketones (excluding diaryl/α,β-unsaturated/α-hetero) is 1. The molecule has 2 rings (SSSR count). The molecule has 0 aliphatic heterocycles. The topological polar surface area (TPSA) is 81.2 Å². The molecule has 0 saturated heterocycles. The molecule has 150 valence electrons. The van der Waals surface area contributed by atoms with E-state index in [1.807, 2.05) is 0 Å². The van der Waals surface area contributed by atoms with Crippen molar-refractivity contribution in [2.24, 2.45) is 0 Å². The molecule has 0 bridgehead atoms. The molecule has 1 amide bonds. The van der Waals surface area contributed by atoms with Crippen LogP contribution in [0, 0.1) is 13.8 Å². The van der Waals surface area contributed by atoms with Crippen LogP contribution in [0.1, 0.15) is 39.9 Å². The van der Waals surface area contributed by atoms with Gasteiger partial charge in [0, 0.05) is 41.7 Å². The zero-order valence-corrected chi connectivity index (χ0v) is 15.7. The third kappa shape index (κ3) is 6.64. The predicted octanol–water partition coefficient (Wildman–Crippen LogP) is 3.10. The first-order valence-electron chi connectivity index (χ1n) is 8.45. The summed E-state index contributed by atoms with van der Waals surface area (Å²) in [5.74, 6) is -0.547. The average Bonchev–Trinajstić information content (AvgIpc) is 2.57. The Morgan fingerprint density at radius 3 is 2.46 bits per heavy atom. The molecule has 9 heteroatoms. The molecule has 2 aromatic rings. The van der Waals surface area contributed by atoms with E-state index in [-0.39, 0.29) is 30.5 Å². The molecule has 0 aliphatic rings. The van der Waals surface area contributed by atoms with Gasteiger partial charge in [-0.3, -0.25) is 14.6 Å². The van der Waals surface area contributed by atoms with Gasteiger partial charge >= 0.3 is 6.18 Å². The number of carbonyl (C=O) groups is 2. The number of alkyl halides is 3. The molecule has 28 heavy (non-hydrogen) atoms. The maximum Gasteiger partial charge on any atom is 0.422 e. The van der Waals surface area contributed by atoms with Gasteiger partial charge in [0.05, 0.1) is 0 Å². The summed E-state index contributed by atoms with van der Waals surface area (Å²) < 4.78 is 41.2. The lowest BCUT2D eigenvalue weighted by Gasteiger charge is -2.12. The molecule has 0 aromatic carbocycles. The fourth-order valence-electron chi connectivity index (χ4n) is 2.48. The van der Waals surface area contributed by atoms with E-state index < -0.39 is 12.8 Å². The maximum absolute atomic E-state index is 12.4. The Morgan fingerprint density at radius 2 is 1.86 bits per heavy atom. The van der Waals surface area contributed by atoms with E-state index in [2.05, 4.69) is 20.0 Å². The number of ether oxygens (including phenoxy) is 1. The van der Waals surface area contributed by atoms with E-state index in [1.54, 1.807) is 32.0 Å². The number of pyridine rings is 2. The van der Waals surface area contributed by atoms with Crippen molar-refractivity contribution < 1.29 is 27.5 Å². The first-order valence-corrected chi connectivity index (χ1v) is 8.45. The summed E-state index contributed by atoms with van der Waals surface area (Å²) >= 11 is 0. The first-order chi connectivity index (χ1) is 13.0. The van der Waals surface area contributed by atoms with E-state index in [1.165, 1.54) is 13.0 Å². The Morgan fingerprint density at radius 1 is 1.14 bits per heavy atom. The number of carbonyl (C=O) groups excluding carboxylic acids is 2. The SMILES string of the molecule is CC(=O)Cc1cc(C(=O)NCc2ccc(OCC(F)(F)F)nc2C)cc(C)n1. The molecule has 1 N–H and O–H groups in total. The van der Waals surface area contributed by atoms with Crippen LogP contribution in [0.25, 0.3) is 0 Å². The van der Waals surface area contributed by atoms with E-state index in [4.69, 9.17) is 0 Å². The second kappa shape index (κ2) is 8.81. The predicted molar refractivity (Wildman–Crippen MR) is 95.1 cm³/mol. The van der Waals surface area contributed by atoms with E-state index in [9.17, 15) is 22.8 Å². The number of aryl methyl sites for hydroxylation is 2. The van der Waals surface area contributed by atoms with Crippen LogP contribution < -0.4 is 10.1 Å². The minimum absolute atomic E-state index is 0.0565. The Balaban J connectivity index is 2.02. The van der Waals surface area contributed by atoms with E-state index >= 15 is 0 Å². The second-order valence-electron chi connectivity index (χ2n) is 6.35. The summed E-state index contributed by atoms with van der Waals surface area (Å²) in [7, 11) is 0. The van der Waals surface area contributed by atoms with Gasteiger partial charge in [-0.1, -0.05) is 6.07 Å². The number of nitrogens with zero attached hydrogens (tertiary/aromatic N) is 2. The van der Waals surface area contributed by atoms with Crippen molar-refractivity contribution >= 4 is 11.7 Å². The van der Waals surface area contributed by atoms with Crippen molar-refractivity contribution in [3.8, 4) is 5.88 Å². The number of aromatic nitrogens is 2. The van der Waals surface area contributed by atoms with Crippen LogP contribution in [-0.2, 0) is 17.8 Å². The van der Waals surface area contributed by atoms with E-state index in [0.717, 1.165) is 0 Å². The molecule has 0 fully saturated rings. The van der Waals surface area contributed by atoms with Crippen LogP contribution in [0.2, 0.25) is 0 Å². The third-order valence-corrected chi connectivity index (χ3v) is 3.69. The Kier molecular flexibility index (Phi) is 6.71. The van der Waals surface area contributed by atoms with Gasteiger partial charge < -0.3 is 10.1 Å². The smallest absolute Gasteiger partial charge is 0.422 e. The first kappa shape index (κ1) is 21.3. The third-order valence-electron chi connectivity index (χ3n) is 3.69. The zero-order valence-electron chi connectivity index (χ0n) is 15.7. The lowest BCUT2D eigenvalue weighted by Crippen LogP contribution is -2.24. The van der Waals surface area contributed by atoms with Crippen molar-refractivity contribution in [1.82, 2.24) is 15.3 Å². The highest BCUT2D eigenvalue weighted by atomic mass is 19.4. The standard InChI is InChI=1S/C19H20F3N3O3/c1-11-6-15(8-16(24-11)7-12(2)26)18(27)23-9-14-4-5-17(25-13(14)3)28-10-19(20,21)22/h4-6,8H,7,9-10H2,1-3H3,(H,23,27). The van der Waals surface area contributed by atoms with Crippen LogP contribution in [0.3, 0.4) is 0 Å². The highest BCUT2D eigenvalue weighted by Gasteiger charge is 2.28. The van der Waals surface area contributed by atoms with E-state index in [0.29, 0.717) is 28.2 Å². The summed E-state index contributed by atoms with van der Waals surface area (Å²) in [5.41, 5.74) is 2.60. The largest absolute Gasteiger partial charge is 0.468 e. The molecule has 2 heterocycles. The summed E-state index contributed by atoms with van der Waals surface area (Å²) in [5, 5.41) is 2.73. The van der Waals surface area contributed by atoms with Gasteiger partial charge in [-0.15, -0.1) is 0 Å². The zero-order chi connectivity index (χ0) is 20.9. The minimum Gasteiger partial charge on any atom is -0.468 e. The molecule has 2 aromatic heterocycles. The minimum atomic E-state index is -4.44. The van der Waals surface area contributed by atoms with Crippen molar-refractivity contribution in [3.05, 3.63) is 52.5 Å². The fraction of sp³-hybridized carbons (Fsp3) is 0.368. The molecule has 0 radical (unpaired) electrons. The normalized spacial score (nSPS) is 11.2. The number of nitrogens with one attached hydrogen (secondary N) is 1. The quantitative estimate of drug-likeness (QED) is 0.779. The van der Waals surface area contributed by atoms with Gasteiger partial charge in [0.25, 0.3) is 5.91 Å². The molecule has 0 aliphatic carbocycles. The summed E-state index contributed by atoms with van der Waals surface area (Å²) in [6.07, 6.45) is -4.30. The van der Waals surface area contributed by atoms with Gasteiger partial charge in [-0.2, -0.15) is 13.2 Å². The highest BCUT2D eigenvalue weighted by Crippen LogP contribution is 2.18. The van der Waals surface area contributed by atoms with Crippen molar-refractivity contribution in [2.45, 2.75) is 39.9 Å². The monoisotopic (exact) mass is 395 g/mol.